The van der Waals surface area contributed by atoms with Gasteiger partial charge in [0.25, 0.3) is 0 Å². The minimum absolute atomic E-state index is 0.628. The summed E-state index contributed by atoms with van der Waals surface area (Å²) < 4.78 is 10.7. The van der Waals surface area contributed by atoms with Gasteiger partial charge in [0.2, 0.25) is 0 Å². The molecule has 0 bridgehead atoms. The van der Waals surface area contributed by atoms with Gasteiger partial charge in [-0.05, 0) is 49.9 Å². The topological polar surface area (TPSA) is 30.5 Å². The summed E-state index contributed by atoms with van der Waals surface area (Å²) in [5.74, 6) is 3.18. The number of nitrogens with one attached hydrogen (secondary N) is 1. The van der Waals surface area contributed by atoms with Crippen LogP contribution < -0.4 is 14.8 Å². The van der Waals surface area contributed by atoms with E-state index in [9.17, 15) is 0 Å². The second-order valence-corrected chi connectivity index (χ2v) is 4.61. The molecule has 1 fully saturated rings. The van der Waals surface area contributed by atoms with Crippen molar-refractivity contribution in [2.24, 2.45) is 5.92 Å². The van der Waals surface area contributed by atoms with Gasteiger partial charge >= 0.3 is 0 Å². The van der Waals surface area contributed by atoms with Gasteiger partial charge in [-0.3, -0.25) is 0 Å². The van der Waals surface area contributed by atoms with Crippen LogP contribution in [0.1, 0.15) is 24.3 Å². The van der Waals surface area contributed by atoms with Gasteiger partial charge in [-0.1, -0.05) is 6.07 Å². The average Bonchev–Trinajstić information content (AvgIpc) is 2.35. The fourth-order valence-corrected chi connectivity index (χ4v) is 2.61. The molecule has 3 nitrogen and oxygen atoms in total. The van der Waals surface area contributed by atoms with E-state index < -0.39 is 0 Å². The Labute approximate surface area is 103 Å². The van der Waals surface area contributed by atoms with Crippen molar-refractivity contribution in [2.45, 2.75) is 18.8 Å². The van der Waals surface area contributed by atoms with Crippen molar-refractivity contribution < 1.29 is 9.47 Å². The molecule has 0 spiro atoms. The van der Waals surface area contributed by atoms with Crippen LogP contribution in [0.15, 0.2) is 18.2 Å². The van der Waals surface area contributed by atoms with Crippen LogP contribution in [-0.4, -0.2) is 27.8 Å². The molecule has 0 heterocycles. The zero-order valence-corrected chi connectivity index (χ0v) is 10.8. The molecule has 0 aromatic heterocycles. The van der Waals surface area contributed by atoms with Crippen LogP contribution in [-0.2, 0) is 0 Å². The third-order valence-electron chi connectivity index (χ3n) is 3.72. The van der Waals surface area contributed by atoms with Crippen LogP contribution in [0.2, 0.25) is 0 Å². The zero-order valence-electron chi connectivity index (χ0n) is 10.8. The number of methoxy groups -OCH3 is 2. The van der Waals surface area contributed by atoms with E-state index in [1.165, 1.54) is 18.4 Å². The van der Waals surface area contributed by atoms with Gasteiger partial charge in [0.1, 0.15) is 11.5 Å². The first-order chi connectivity index (χ1) is 8.30. The molecular weight excluding hydrogens is 214 g/mol. The number of hydrogen-bond acceptors (Lipinski definition) is 3. The molecule has 1 aromatic rings. The maximum absolute atomic E-state index is 5.47. The van der Waals surface area contributed by atoms with Crippen molar-refractivity contribution in [3.8, 4) is 11.5 Å². The van der Waals surface area contributed by atoms with Crippen molar-refractivity contribution in [3.63, 3.8) is 0 Å². The molecule has 3 heteroatoms. The number of benzene rings is 1. The zero-order chi connectivity index (χ0) is 12.3. The predicted octanol–water partition coefficient (Wildman–Crippen LogP) is 2.42. The third kappa shape index (κ3) is 2.39. The first kappa shape index (κ1) is 12.2. The Kier molecular flexibility index (Phi) is 3.89. The molecular formula is C14H21NO2. The summed E-state index contributed by atoms with van der Waals surface area (Å²) in [4.78, 5) is 0. The predicted molar refractivity (Wildman–Crippen MR) is 68.9 cm³/mol. The second-order valence-electron chi connectivity index (χ2n) is 4.61. The van der Waals surface area contributed by atoms with Gasteiger partial charge in [-0.2, -0.15) is 0 Å². The lowest BCUT2D eigenvalue weighted by molar-refractivity contribution is 0.244. The van der Waals surface area contributed by atoms with Crippen molar-refractivity contribution in [1.82, 2.24) is 5.32 Å². The van der Waals surface area contributed by atoms with E-state index in [1.807, 2.05) is 19.2 Å². The van der Waals surface area contributed by atoms with Crippen LogP contribution in [0.4, 0.5) is 0 Å². The fourth-order valence-electron chi connectivity index (χ4n) is 2.61. The minimum atomic E-state index is 0.628. The van der Waals surface area contributed by atoms with Crippen molar-refractivity contribution in [1.29, 1.82) is 0 Å². The van der Waals surface area contributed by atoms with Crippen molar-refractivity contribution in [3.05, 3.63) is 23.8 Å². The third-order valence-corrected chi connectivity index (χ3v) is 3.72. The Morgan fingerprint density at radius 3 is 2.59 bits per heavy atom. The second kappa shape index (κ2) is 5.41. The molecule has 0 radical (unpaired) electrons. The number of hydrogen-bond donors (Lipinski definition) is 1. The Balaban J connectivity index is 2.20. The number of ether oxygens (including phenoxy) is 2. The lowest BCUT2D eigenvalue weighted by atomic mass is 9.69. The fraction of sp³-hybridized carbons (Fsp3) is 0.571. The minimum Gasteiger partial charge on any atom is -0.497 e. The molecule has 1 aliphatic carbocycles. The highest BCUT2D eigenvalue weighted by molar-refractivity contribution is 5.43. The smallest absolute Gasteiger partial charge is 0.126 e. The molecule has 0 aliphatic heterocycles. The summed E-state index contributed by atoms with van der Waals surface area (Å²) in [6.07, 6.45) is 2.57. The summed E-state index contributed by atoms with van der Waals surface area (Å²) >= 11 is 0. The highest BCUT2D eigenvalue weighted by atomic mass is 16.5. The lowest BCUT2D eigenvalue weighted by Crippen LogP contribution is -2.32. The molecule has 1 N–H and O–H groups in total. The van der Waals surface area contributed by atoms with Crippen LogP contribution in [0, 0.1) is 5.92 Å². The first-order valence-electron chi connectivity index (χ1n) is 6.16. The molecule has 94 valence electrons. The monoisotopic (exact) mass is 235 g/mol. The highest BCUT2D eigenvalue weighted by Gasteiger charge is 2.33. The molecule has 1 aliphatic rings. The molecule has 17 heavy (non-hydrogen) atoms. The van der Waals surface area contributed by atoms with E-state index >= 15 is 0 Å². The van der Waals surface area contributed by atoms with Gasteiger partial charge in [0.05, 0.1) is 14.2 Å². The van der Waals surface area contributed by atoms with E-state index in [1.54, 1.807) is 14.2 Å². The summed E-state index contributed by atoms with van der Waals surface area (Å²) in [6.45, 7) is 1.08. The molecule has 1 saturated carbocycles. The Morgan fingerprint density at radius 2 is 2.06 bits per heavy atom. The normalized spacial score (nSPS) is 23.0. The SMILES string of the molecule is CNCC1CCC1c1ccc(OC)cc1OC. The van der Waals surface area contributed by atoms with Crippen molar-refractivity contribution in [2.75, 3.05) is 27.8 Å². The van der Waals surface area contributed by atoms with Gasteiger partial charge < -0.3 is 14.8 Å². The van der Waals surface area contributed by atoms with E-state index in [-0.39, 0.29) is 0 Å². The summed E-state index contributed by atoms with van der Waals surface area (Å²) in [6, 6.07) is 6.14. The van der Waals surface area contributed by atoms with E-state index in [0.717, 1.165) is 24.0 Å². The van der Waals surface area contributed by atoms with Gasteiger partial charge in [0, 0.05) is 6.07 Å². The molecule has 1 aromatic carbocycles. The average molecular weight is 235 g/mol. The van der Waals surface area contributed by atoms with Crippen LogP contribution in [0.3, 0.4) is 0 Å². The quantitative estimate of drug-likeness (QED) is 0.850. The highest BCUT2D eigenvalue weighted by Crippen LogP contribution is 2.46. The molecule has 0 saturated heterocycles. The summed E-state index contributed by atoms with van der Waals surface area (Å²) in [7, 11) is 5.42. The van der Waals surface area contributed by atoms with Crippen LogP contribution in [0.5, 0.6) is 11.5 Å². The maximum Gasteiger partial charge on any atom is 0.126 e. The Bertz CT molecular complexity index is 378. The lowest BCUT2D eigenvalue weighted by Gasteiger charge is -2.37. The molecule has 0 amide bonds. The standard InChI is InChI=1S/C14H21NO2/c1-15-9-10-4-6-12(10)13-7-5-11(16-2)8-14(13)17-3/h5,7-8,10,12,15H,4,6,9H2,1-3H3. The van der Waals surface area contributed by atoms with Crippen LogP contribution >= 0.6 is 0 Å². The summed E-state index contributed by atoms with van der Waals surface area (Å²) in [5, 5.41) is 3.26. The molecule has 2 unspecified atom stereocenters. The van der Waals surface area contributed by atoms with Gasteiger partial charge in [-0.15, -0.1) is 0 Å². The van der Waals surface area contributed by atoms with E-state index in [2.05, 4.69) is 11.4 Å². The largest absolute Gasteiger partial charge is 0.497 e. The summed E-state index contributed by atoms with van der Waals surface area (Å²) in [5.41, 5.74) is 1.32. The Hall–Kier alpha value is -1.22. The van der Waals surface area contributed by atoms with Crippen LogP contribution in [0.25, 0.3) is 0 Å². The molecule has 2 rings (SSSR count). The Morgan fingerprint density at radius 1 is 1.24 bits per heavy atom. The van der Waals surface area contributed by atoms with E-state index in [4.69, 9.17) is 9.47 Å². The van der Waals surface area contributed by atoms with Crippen molar-refractivity contribution >= 4 is 0 Å². The number of rotatable bonds is 5. The first-order valence-corrected chi connectivity index (χ1v) is 6.16. The van der Waals surface area contributed by atoms with Gasteiger partial charge in [0.15, 0.2) is 0 Å². The van der Waals surface area contributed by atoms with E-state index in [0.29, 0.717) is 5.92 Å². The maximum atomic E-state index is 5.47. The molecule has 2 atom stereocenters. The van der Waals surface area contributed by atoms with Gasteiger partial charge in [-0.25, -0.2) is 0 Å².